The van der Waals surface area contributed by atoms with Gasteiger partial charge in [0.05, 0.1) is 5.92 Å². The lowest BCUT2D eigenvalue weighted by molar-refractivity contribution is -0.142. The minimum absolute atomic E-state index is 0.0141. The third kappa shape index (κ3) is 4.92. The second-order valence-corrected chi connectivity index (χ2v) is 8.55. The number of carbonyl (C=O) groups excluding carboxylic acids is 2. The smallest absolute Gasteiger partial charge is 0.407 e. The van der Waals surface area contributed by atoms with E-state index >= 15 is 0 Å². The van der Waals surface area contributed by atoms with E-state index in [1.807, 2.05) is 24.3 Å². The minimum Gasteiger partial charge on any atom is -0.481 e. The summed E-state index contributed by atoms with van der Waals surface area (Å²) < 4.78 is 5.48. The van der Waals surface area contributed by atoms with Gasteiger partial charge in [0.25, 0.3) is 0 Å². The number of ether oxygens (including phenoxy) is 1. The monoisotopic (exact) mass is 448 g/mol. The van der Waals surface area contributed by atoms with Crippen molar-refractivity contribution in [3.63, 3.8) is 0 Å². The van der Waals surface area contributed by atoms with E-state index in [9.17, 15) is 19.5 Å². The summed E-state index contributed by atoms with van der Waals surface area (Å²) in [5.41, 5.74) is 5.04. The first-order chi connectivity index (χ1) is 16.0. The van der Waals surface area contributed by atoms with E-state index in [1.165, 1.54) is 11.1 Å². The van der Waals surface area contributed by atoms with E-state index in [-0.39, 0.29) is 31.0 Å². The van der Waals surface area contributed by atoms with Crippen molar-refractivity contribution >= 4 is 18.0 Å². The van der Waals surface area contributed by atoms with Gasteiger partial charge in [0.1, 0.15) is 6.61 Å². The van der Waals surface area contributed by atoms with E-state index in [0.29, 0.717) is 18.4 Å². The van der Waals surface area contributed by atoms with Gasteiger partial charge in [-0.2, -0.15) is 0 Å². The van der Waals surface area contributed by atoms with Crippen molar-refractivity contribution in [1.29, 1.82) is 0 Å². The number of carboxylic acids is 1. The van der Waals surface area contributed by atoms with Crippen LogP contribution in [0.1, 0.15) is 43.2 Å². The zero-order valence-electron chi connectivity index (χ0n) is 18.5. The molecule has 33 heavy (non-hydrogen) atoms. The summed E-state index contributed by atoms with van der Waals surface area (Å²) in [6, 6.07) is 15.9. The Morgan fingerprint density at radius 2 is 1.67 bits per heavy atom. The zero-order valence-corrected chi connectivity index (χ0v) is 18.5. The van der Waals surface area contributed by atoms with Gasteiger partial charge in [-0.05, 0) is 42.0 Å². The number of fused-ring (bicyclic) bond motifs is 3. The molecule has 3 N–H and O–H groups in total. The summed E-state index contributed by atoms with van der Waals surface area (Å²) in [5.74, 6) is -1.75. The molecule has 1 saturated carbocycles. The third-order valence-corrected chi connectivity index (χ3v) is 6.51. The van der Waals surface area contributed by atoms with Crippen LogP contribution in [0.15, 0.2) is 60.2 Å². The number of rotatable bonds is 7. The second-order valence-electron chi connectivity index (χ2n) is 8.55. The highest BCUT2D eigenvalue weighted by atomic mass is 16.5. The lowest BCUT2D eigenvalue weighted by atomic mass is 9.98. The van der Waals surface area contributed by atoms with E-state index in [1.54, 1.807) is 13.0 Å². The Hall–Kier alpha value is -3.61. The molecule has 0 spiro atoms. The maximum absolute atomic E-state index is 12.4. The van der Waals surface area contributed by atoms with Crippen molar-refractivity contribution in [3.05, 3.63) is 71.3 Å². The first kappa shape index (κ1) is 22.6. The Balaban J connectivity index is 1.27. The van der Waals surface area contributed by atoms with Gasteiger partial charge in [-0.3, -0.25) is 9.59 Å². The summed E-state index contributed by atoms with van der Waals surface area (Å²) in [4.78, 5) is 35.9. The van der Waals surface area contributed by atoms with Crippen molar-refractivity contribution in [2.45, 2.75) is 38.1 Å². The SMILES string of the molecule is C/C(=C\CNC(=O)OCC1c2ccccc2-c2ccccc21)C(=O)N[C@H]1CCC[C@H]1C(=O)O. The predicted octanol–water partition coefficient (Wildman–Crippen LogP) is 3.84. The van der Waals surface area contributed by atoms with Crippen LogP contribution in [-0.2, 0) is 14.3 Å². The molecule has 0 aliphatic heterocycles. The highest BCUT2D eigenvalue weighted by Crippen LogP contribution is 2.44. The van der Waals surface area contributed by atoms with Gasteiger partial charge in [0, 0.05) is 24.1 Å². The molecule has 0 unspecified atom stereocenters. The van der Waals surface area contributed by atoms with E-state index in [2.05, 4.69) is 34.9 Å². The standard InChI is InChI=1S/C26H28N2O5/c1-16(24(29)28-23-12-6-11-21(23)25(30)31)13-14-27-26(32)33-15-22-19-9-4-2-7-17(19)18-8-3-5-10-20(18)22/h2-5,7-10,13,21-23H,6,11-12,14-15H2,1H3,(H,27,32)(H,28,29)(H,30,31)/b16-13+/t21-,23+/m1/s1. The van der Waals surface area contributed by atoms with Crippen LogP contribution in [-0.4, -0.2) is 42.3 Å². The Kier molecular flexibility index (Phi) is 6.77. The fraction of sp³-hybridized carbons (Fsp3) is 0.346. The number of carbonyl (C=O) groups is 3. The van der Waals surface area contributed by atoms with Gasteiger partial charge in [-0.25, -0.2) is 4.79 Å². The quantitative estimate of drug-likeness (QED) is 0.558. The summed E-state index contributed by atoms with van der Waals surface area (Å²) in [7, 11) is 0. The molecule has 2 aromatic carbocycles. The maximum Gasteiger partial charge on any atom is 0.407 e. The number of benzene rings is 2. The average Bonchev–Trinajstić information content (AvgIpc) is 3.40. The maximum atomic E-state index is 12.4. The molecule has 0 aromatic heterocycles. The fourth-order valence-corrected chi connectivity index (χ4v) is 4.74. The molecule has 0 saturated heterocycles. The number of nitrogens with one attached hydrogen (secondary N) is 2. The number of hydrogen-bond acceptors (Lipinski definition) is 4. The van der Waals surface area contributed by atoms with Gasteiger partial charge in [-0.1, -0.05) is 61.0 Å². The zero-order chi connectivity index (χ0) is 23.4. The first-order valence-electron chi connectivity index (χ1n) is 11.2. The van der Waals surface area contributed by atoms with Crippen LogP contribution in [0, 0.1) is 5.92 Å². The van der Waals surface area contributed by atoms with Crippen molar-refractivity contribution in [2.24, 2.45) is 5.92 Å². The summed E-state index contributed by atoms with van der Waals surface area (Å²) >= 11 is 0. The molecule has 172 valence electrons. The summed E-state index contributed by atoms with van der Waals surface area (Å²) in [6.07, 6.45) is 3.07. The van der Waals surface area contributed by atoms with Gasteiger partial charge in [-0.15, -0.1) is 0 Å². The highest BCUT2D eigenvalue weighted by Gasteiger charge is 2.34. The molecule has 7 heteroatoms. The van der Waals surface area contributed by atoms with Gasteiger partial charge in [0.2, 0.25) is 5.91 Å². The van der Waals surface area contributed by atoms with Crippen LogP contribution in [0.3, 0.4) is 0 Å². The Morgan fingerprint density at radius 1 is 1.03 bits per heavy atom. The van der Waals surface area contributed by atoms with Crippen LogP contribution >= 0.6 is 0 Å². The predicted molar refractivity (Wildman–Crippen MR) is 124 cm³/mol. The third-order valence-electron chi connectivity index (χ3n) is 6.51. The average molecular weight is 449 g/mol. The number of amides is 2. The van der Waals surface area contributed by atoms with Crippen LogP contribution in [0.2, 0.25) is 0 Å². The molecule has 2 amide bonds. The molecule has 4 rings (SSSR count). The van der Waals surface area contributed by atoms with Crippen LogP contribution < -0.4 is 10.6 Å². The lowest BCUT2D eigenvalue weighted by Gasteiger charge is -2.17. The Morgan fingerprint density at radius 3 is 2.30 bits per heavy atom. The molecule has 2 aromatic rings. The molecule has 0 bridgehead atoms. The van der Waals surface area contributed by atoms with Gasteiger partial charge < -0.3 is 20.5 Å². The molecule has 0 heterocycles. The number of hydrogen-bond donors (Lipinski definition) is 3. The molecule has 2 atom stereocenters. The number of carboxylic acid groups (broad SMARTS) is 1. The summed E-state index contributed by atoms with van der Waals surface area (Å²) in [6.45, 7) is 2.00. The van der Waals surface area contributed by atoms with Crippen molar-refractivity contribution in [3.8, 4) is 11.1 Å². The van der Waals surface area contributed by atoms with E-state index in [0.717, 1.165) is 17.5 Å². The highest BCUT2D eigenvalue weighted by molar-refractivity contribution is 5.93. The van der Waals surface area contributed by atoms with Crippen LogP contribution in [0.4, 0.5) is 4.79 Å². The van der Waals surface area contributed by atoms with Crippen molar-refractivity contribution < 1.29 is 24.2 Å². The molecule has 0 radical (unpaired) electrons. The van der Waals surface area contributed by atoms with Crippen molar-refractivity contribution in [2.75, 3.05) is 13.2 Å². The molecular weight excluding hydrogens is 420 g/mol. The molecule has 2 aliphatic carbocycles. The molecule has 7 nitrogen and oxygen atoms in total. The normalized spacial score (nSPS) is 19.5. The largest absolute Gasteiger partial charge is 0.481 e. The lowest BCUT2D eigenvalue weighted by Crippen LogP contribution is -2.40. The van der Waals surface area contributed by atoms with Gasteiger partial charge in [0.15, 0.2) is 0 Å². The fourth-order valence-electron chi connectivity index (χ4n) is 4.74. The Labute approximate surface area is 192 Å². The topological polar surface area (TPSA) is 105 Å². The van der Waals surface area contributed by atoms with Gasteiger partial charge >= 0.3 is 12.1 Å². The summed E-state index contributed by atoms with van der Waals surface area (Å²) in [5, 5.41) is 14.7. The van der Waals surface area contributed by atoms with Crippen LogP contribution in [0.25, 0.3) is 11.1 Å². The Bertz CT molecular complexity index is 1050. The number of alkyl carbamates (subject to hydrolysis) is 1. The first-order valence-corrected chi connectivity index (χ1v) is 11.2. The molecular formula is C26H28N2O5. The van der Waals surface area contributed by atoms with E-state index in [4.69, 9.17) is 4.74 Å². The molecule has 2 aliphatic rings. The molecule has 1 fully saturated rings. The van der Waals surface area contributed by atoms with Crippen LogP contribution in [0.5, 0.6) is 0 Å². The van der Waals surface area contributed by atoms with Crippen molar-refractivity contribution in [1.82, 2.24) is 10.6 Å². The van der Waals surface area contributed by atoms with E-state index < -0.39 is 18.0 Å². The second kappa shape index (κ2) is 9.90. The minimum atomic E-state index is -0.878. The number of aliphatic carboxylic acids is 1.